The van der Waals surface area contributed by atoms with Crippen LogP contribution in [0.25, 0.3) is 0 Å². The minimum absolute atomic E-state index is 0.220. The molecule has 0 spiro atoms. The van der Waals surface area contributed by atoms with Crippen LogP contribution < -0.4 is 14.9 Å². The average Bonchev–Trinajstić information content (AvgIpc) is 2.68. The number of ether oxygens (including phenoxy) is 3. The molecule has 148 valence electrons. The number of hydrazone groups is 1. The maximum absolute atomic E-state index is 12.0. The first-order valence-corrected chi connectivity index (χ1v) is 9.65. The number of benzene rings is 2. The molecule has 28 heavy (non-hydrogen) atoms. The standard InChI is InChI=1S/C19H18Br2N2O5/c1-26-16-8-13(7-15(21)19(16)28-11-18(25)27-2)10-22-23-17(24)9-12-3-5-14(20)6-4-12/h3-8,10H,9,11H2,1-2H3,(H,23,24)/b22-10+. The molecule has 0 atom stereocenters. The van der Waals surface area contributed by atoms with Crippen LogP contribution in [0, 0.1) is 0 Å². The maximum Gasteiger partial charge on any atom is 0.343 e. The fraction of sp³-hybridized carbons (Fsp3) is 0.211. The summed E-state index contributed by atoms with van der Waals surface area (Å²) in [6.45, 7) is -0.245. The molecular weight excluding hydrogens is 496 g/mol. The van der Waals surface area contributed by atoms with Gasteiger partial charge in [0.2, 0.25) is 5.91 Å². The topological polar surface area (TPSA) is 86.2 Å². The summed E-state index contributed by atoms with van der Waals surface area (Å²) in [7, 11) is 2.76. The van der Waals surface area contributed by atoms with E-state index in [1.54, 1.807) is 12.1 Å². The highest BCUT2D eigenvalue weighted by molar-refractivity contribution is 9.10. The Morgan fingerprint density at radius 1 is 1.14 bits per heavy atom. The van der Waals surface area contributed by atoms with Crippen molar-refractivity contribution >= 4 is 50.0 Å². The molecular formula is C19H18Br2N2O5. The third-order valence-corrected chi connectivity index (χ3v) is 4.61. The largest absolute Gasteiger partial charge is 0.493 e. The number of hydrogen-bond acceptors (Lipinski definition) is 6. The number of methoxy groups -OCH3 is 2. The predicted molar refractivity (Wildman–Crippen MR) is 112 cm³/mol. The lowest BCUT2D eigenvalue weighted by molar-refractivity contribution is -0.143. The van der Waals surface area contributed by atoms with Crippen molar-refractivity contribution < 1.29 is 23.8 Å². The van der Waals surface area contributed by atoms with Gasteiger partial charge in [0.25, 0.3) is 0 Å². The highest BCUT2D eigenvalue weighted by Gasteiger charge is 2.13. The summed E-state index contributed by atoms with van der Waals surface area (Å²) in [6, 6.07) is 10.9. The van der Waals surface area contributed by atoms with Crippen LogP contribution >= 0.6 is 31.9 Å². The molecule has 2 aromatic carbocycles. The number of rotatable bonds is 8. The lowest BCUT2D eigenvalue weighted by Gasteiger charge is -2.12. The van der Waals surface area contributed by atoms with E-state index in [9.17, 15) is 9.59 Å². The molecule has 0 aromatic heterocycles. The van der Waals surface area contributed by atoms with E-state index < -0.39 is 5.97 Å². The number of carbonyl (C=O) groups is 2. The molecule has 9 heteroatoms. The van der Waals surface area contributed by atoms with Crippen LogP contribution in [0.4, 0.5) is 0 Å². The van der Waals surface area contributed by atoms with E-state index in [0.29, 0.717) is 21.5 Å². The molecule has 0 unspecified atom stereocenters. The van der Waals surface area contributed by atoms with Crippen LogP contribution in [0.5, 0.6) is 11.5 Å². The summed E-state index contributed by atoms with van der Waals surface area (Å²) >= 11 is 6.72. The van der Waals surface area contributed by atoms with Gasteiger partial charge >= 0.3 is 5.97 Å². The molecule has 0 aliphatic carbocycles. The Morgan fingerprint density at radius 2 is 1.86 bits per heavy atom. The Bertz CT molecular complexity index is 869. The Hall–Kier alpha value is -2.39. The minimum atomic E-state index is -0.506. The van der Waals surface area contributed by atoms with Crippen LogP contribution in [-0.4, -0.2) is 38.9 Å². The van der Waals surface area contributed by atoms with Crippen molar-refractivity contribution in [2.75, 3.05) is 20.8 Å². The summed E-state index contributed by atoms with van der Waals surface area (Å²) in [6.07, 6.45) is 1.70. The van der Waals surface area contributed by atoms with Crippen molar-refractivity contribution in [3.63, 3.8) is 0 Å². The number of nitrogens with one attached hydrogen (secondary N) is 1. The Balaban J connectivity index is 2.00. The van der Waals surface area contributed by atoms with Gasteiger partial charge in [0.05, 0.1) is 31.3 Å². The second-order valence-corrected chi connectivity index (χ2v) is 7.27. The summed E-state index contributed by atoms with van der Waals surface area (Å²) in [5.41, 5.74) is 4.03. The van der Waals surface area contributed by atoms with Crippen molar-refractivity contribution in [1.82, 2.24) is 5.43 Å². The van der Waals surface area contributed by atoms with E-state index in [1.165, 1.54) is 20.4 Å². The smallest absolute Gasteiger partial charge is 0.343 e. The molecule has 0 fully saturated rings. The first kappa shape index (κ1) is 21.9. The van der Waals surface area contributed by atoms with E-state index >= 15 is 0 Å². The van der Waals surface area contributed by atoms with E-state index in [-0.39, 0.29) is 18.9 Å². The molecule has 7 nitrogen and oxygen atoms in total. The van der Waals surface area contributed by atoms with Crippen LogP contribution in [0.15, 0.2) is 50.4 Å². The zero-order chi connectivity index (χ0) is 20.5. The first-order chi connectivity index (χ1) is 13.4. The fourth-order valence-corrected chi connectivity index (χ4v) is 2.99. The Morgan fingerprint density at radius 3 is 2.50 bits per heavy atom. The van der Waals surface area contributed by atoms with Crippen LogP contribution in [0.3, 0.4) is 0 Å². The van der Waals surface area contributed by atoms with Gasteiger partial charge in [-0.25, -0.2) is 10.2 Å². The van der Waals surface area contributed by atoms with E-state index in [4.69, 9.17) is 9.47 Å². The minimum Gasteiger partial charge on any atom is -0.493 e. The van der Waals surface area contributed by atoms with Crippen molar-refractivity contribution in [3.05, 3.63) is 56.5 Å². The van der Waals surface area contributed by atoms with Crippen LogP contribution in [0.1, 0.15) is 11.1 Å². The van der Waals surface area contributed by atoms with Crippen molar-refractivity contribution in [1.29, 1.82) is 0 Å². The normalized spacial score (nSPS) is 10.6. The molecule has 0 heterocycles. The van der Waals surface area contributed by atoms with Gasteiger partial charge in [-0.1, -0.05) is 28.1 Å². The zero-order valence-corrected chi connectivity index (χ0v) is 18.4. The maximum atomic E-state index is 12.0. The Labute approximate surface area is 179 Å². The number of carbonyl (C=O) groups excluding carboxylic acids is 2. The van der Waals surface area contributed by atoms with Gasteiger partial charge in [0.1, 0.15) is 0 Å². The van der Waals surface area contributed by atoms with Gasteiger partial charge in [-0.3, -0.25) is 4.79 Å². The lowest BCUT2D eigenvalue weighted by Crippen LogP contribution is -2.19. The monoisotopic (exact) mass is 512 g/mol. The van der Waals surface area contributed by atoms with Gasteiger partial charge < -0.3 is 14.2 Å². The lowest BCUT2D eigenvalue weighted by atomic mass is 10.1. The molecule has 1 amide bonds. The molecule has 0 bridgehead atoms. The zero-order valence-electron chi connectivity index (χ0n) is 15.2. The molecule has 0 saturated carbocycles. The summed E-state index contributed by atoms with van der Waals surface area (Å²) in [5, 5.41) is 3.96. The predicted octanol–water partition coefficient (Wildman–Crippen LogP) is 3.46. The van der Waals surface area contributed by atoms with Crippen molar-refractivity contribution in [3.8, 4) is 11.5 Å². The summed E-state index contributed by atoms with van der Waals surface area (Å²) < 4.78 is 16.8. The molecule has 0 radical (unpaired) electrons. The van der Waals surface area contributed by atoms with Crippen LogP contribution in [-0.2, 0) is 20.7 Å². The van der Waals surface area contributed by atoms with E-state index in [1.807, 2.05) is 24.3 Å². The van der Waals surface area contributed by atoms with E-state index in [2.05, 4.69) is 47.1 Å². The number of nitrogens with zero attached hydrogens (tertiary/aromatic N) is 1. The molecule has 0 aliphatic rings. The Kier molecular flexibility index (Phi) is 8.46. The number of esters is 1. The number of amides is 1. The molecule has 0 aliphatic heterocycles. The van der Waals surface area contributed by atoms with E-state index in [0.717, 1.165) is 10.0 Å². The molecule has 0 saturated heterocycles. The quantitative estimate of drug-likeness (QED) is 0.332. The van der Waals surface area contributed by atoms with Crippen LogP contribution in [0.2, 0.25) is 0 Å². The SMILES string of the molecule is COC(=O)COc1c(Br)cc(/C=N/NC(=O)Cc2ccc(Br)cc2)cc1OC. The third kappa shape index (κ3) is 6.65. The first-order valence-electron chi connectivity index (χ1n) is 8.06. The highest BCUT2D eigenvalue weighted by Crippen LogP contribution is 2.36. The van der Waals surface area contributed by atoms with Crippen molar-refractivity contribution in [2.45, 2.75) is 6.42 Å². The van der Waals surface area contributed by atoms with Gasteiger partial charge in [-0.05, 0) is 51.3 Å². The van der Waals surface area contributed by atoms with Crippen molar-refractivity contribution in [2.24, 2.45) is 5.10 Å². The third-order valence-electron chi connectivity index (χ3n) is 3.49. The second kappa shape index (κ2) is 10.8. The number of hydrogen-bond donors (Lipinski definition) is 1. The van der Waals surface area contributed by atoms with Gasteiger partial charge in [-0.2, -0.15) is 5.10 Å². The number of halogens is 2. The molecule has 1 N–H and O–H groups in total. The summed E-state index contributed by atoms with van der Waals surface area (Å²) in [4.78, 5) is 23.2. The second-order valence-electron chi connectivity index (χ2n) is 5.50. The highest BCUT2D eigenvalue weighted by atomic mass is 79.9. The fourth-order valence-electron chi connectivity index (χ4n) is 2.15. The average molecular weight is 514 g/mol. The summed E-state index contributed by atoms with van der Waals surface area (Å²) in [5.74, 6) is 0.0287. The van der Waals surface area contributed by atoms with Gasteiger partial charge in [0.15, 0.2) is 18.1 Å². The van der Waals surface area contributed by atoms with Gasteiger partial charge in [-0.15, -0.1) is 0 Å². The molecule has 2 aromatic rings. The molecule has 2 rings (SSSR count). The van der Waals surface area contributed by atoms with Gasteiger partial charge in [0, 0.05) is 4.47 Å².